The van der Waals surface area contributed by atoms with E-state index in [9.17, 15) is 9.65 Å². The van der Waals surface area contributed by atoms with Crippen molar-refractivity contribution in [3.63, 3.8) is 0 Å². The predicted octanol–water partition coefficient (Wildman–Crippen LogP) is 7.99. The lowest BCUT2D eigenvalue weighted by atomic mass is 9.94. The van der Waals surface area contributed by atoms with Crippen molar-refractivity contribution in [1.82, 2.24) is 4.98 Å². The van der Waals surface area contributed by atoms with Gasteiger partial charge in [0.2, 0.25) is 0 Å². The van der Waals surface area contributed by atoms with Crippen LogP contribution in [0, 0.1) is 17.1 Å². The third kappa shape index (κ3) is 3.23. The molecule has 4 aromatic carbocycles. The van der Waals surface area contributed by atoms with Gasteiger partial charge in [-0.15, -0.1) is 0 Å². The first-order valence-electron chi connectivity index (χ1n) is 10.9. The van der Waals surface area contributed by atoms with Gasteiger partial charge >= 0.3 is 0 Å². The molecule has 0 aliphatic rings. The number of aromatic nitrogens is 1. The Balaban J connectivity index is 1.58. The zero-order valence-corrected chi connectivity index (χ0v) is 18.0. The van der Waals surface area contributed by atoms with Crippen LogP contribution in [0.1, 0.15) is 5.56 Å². The van der Waals surface area contributed by atoms with Gasteiger partial charge in [0, 0.05) is 21.9 Å². The third-order valence-corrected chi connectivity index (χ3v) is 6.07. The van der Waals surface area contributed by atoms with Crippen molar-refractivity contribution in [3.05, 3.63) is 115 Å². The Morgan fingerprint density at radius 3 is 2.24 bits per heavy atom. The summed E-state index contributed by atoms with van der Waals surface area (Å²) in [4.78, 5) is 4.27. The number of fused-ring (bicyclic) bond motifs is 3. The van der Waals surface area contributed by atoms with Crippen molar-refractivity contribution in [2.24, 2.45) is 0 Å². The molecule has 0 saturated carbocycles. The standard InChI is InChI=1S/C30H17FN2O/c31-23-14-16-26(33-18-23)24-7-4-8-27-29(24)25-15-13-22(17-32)28(30(25)34-27)21-11-9-20(10-12-21)19-5-2-1-3-6-19/h1-16,18H. The summed E-state index contributed by atoms with van der Waals surface area (Å²) in [6, 6.07) is 33.2. The highest BCUT2D eigenvalue weighted by Crippen LogP contribution is 2.41. The third-order valence-electron chi connectivity index (χ3n) is 6.07. The van der Waals surface area contributed by atoms with Crippen LogP contribution in [0.4, 0.5) is 4.39 Å². The zero-order chi connectivity index (χ0) is 23.1. The molecule has 0 aliphatic heterocycles. The summed E-state index contributed by atoms with van der Waals surface area (Å²) in [7, 11) is 0. The van der Waals surface area contributed by atoms with Crippen LogP contribution in [0.3, 0.4) is 0 Å². The highest BCUT2D eigenvalue weighted by molar-refractivity contribution is 6.15. The summed E-state index contributed by atoms with van der Waals surface area (Å²) in [5.74, 6) is -0.382. The smallest absolute Gasteiger partial charge is 0.144 e. The molecule has 0 fully saturated rings. The van der Waals surface area contributed by atoms with Crippen LogP contribution >= 0.6 is 0 Å². The molecule has 0 N–H and O–H groups in total. The Morgan fingerprint density at radius 1 is 0.735 bits per heavy atom. The van der Waals surface area contributed by atoms with Crippen molar-refractivity contribution in [1.29, 1.82) is 5.26 Å². The Bertz CT molecular complexity index is 1690. The maximum absolute atomic E-state index is 13.5. The number of halogens is 1. The average Bonchev–Trinajstić information content (AvgIpc) is 3.28. The molecule has 0 bridgehead atoms. The number of rotatable bonds is 3. The molecule has 160 valence electrons. The number of hydrogen-bond donors (Lipinski definition) is 0. The fourth-order valence-corrected chi connectivity index (χ4v) is 4.48. The Kier molecular flexibility index (Phi) is 4.67. The number of pyridine rings is 1. The molecule has 0 saturated heterocycles. The highest BCUT2D eigenvalue weighted by atomic mass is 19.1. The summed E-state index contributed by atoms with van der Waals surface area (Å²) >= 11 is 0. The molecular formula is C30H17FN2O. The van der Waals surface area contributed by atoms with E-state index < -0.39 is 0 Å². The highest BCUT2D eigenvalue weighted by Gasteiger charge is 2.19. The van der Waals surface area contributed by atoms with Gasteiger partial charge in [-0.2, -0.15) is 5.26 Å². The molecule has 2 aromatic heterocycles. The quantitative estimate of drug-likeness (QED) is 0.280. The predicted molar refractivity (Wildman–Crippen MR) is 132 cm³/mol. The minimum Gasteiger partial charge on any atom is -0.455 e. The van der Waals surface area contributed by atoms with E-state index in [4.69, 9.17) is 4.42 Å². The van der Waals surface area contributed by atoms with Crippen LogP contribution in [0.15, 0.2) is 108 Å². The van der Waals surface area contributed by atoms with Gasteiger partial charge < -0.3 is 4.42 Å². The summed E-state index contributed by atoms with van der Waals surface area (Å²) in [5.41, 5.74) is 7.29. The van der Waals surface area contributed by atoms with Gasteiger partial charge in [0.25, 0.3) is 0 Å². The SMILES string of the molecule is N#Cc1ccc2c(oc3cccc(-c4ccc(F)cn4)c32)c1-c1ccc(-c2ccccc2)cc1. The second-order valence-electron chi connectivity index (χ2n) is 8.06. The van der Waals surface area contributed by atoms with E-state index in [0.717, 1.165) is 38.6 Å². The molecule has 0 atom stereocenters. The van der Waals surface area contributed by atoms with Crippen molar-refractivity contribution in [3.8, 4) is 39.6 Å². The lowest BCUT2D eigenvalue weighted by Crippen LogP contribution is -1.87. The van der Waals surface area contributed by atoms with Crippen molar-refractivity contribution >= 4 is 21.9 Å². The Morgan fingerprint density at radius 2 is 1.50 bits per heavy atom. The van der Waals surface area contributed by atoms with Crippen LogP contribution in [-0.2, 0) is 0 Å². The summed E-state index contributed by atoms with van der Waals surface area (Å²) in [6.07, 6.45) is 1.21. The molecule has 0 unspecified atom stereocenters. The molecule has 2 heterocycles. The van der Waals surface area contributed by atoms with E-state index in [1.807, 2.05) is 60.7 Å². The first-order valence-corrected chi connectivity index (χ1v) is 10.9. The number of nitriles is 1. The molecule has 4 heteroatoms. The number of benzene rings is 4. The van der Waals surface area contributed by atoms with Crippen molar-refractivity contribution in [2.75, 3.05) is 0 Å². The lowest BCUT2D eigenvalue weighted by Gasteiger charge is -2.08. The topological polar surface area (TPSA) is 49.8 Å². The molecule has 0 aliphatic carbocycles. The zero-order valence-electron chi connectivity index (χ0n) is 18.0. The maximum atomic E-state index is 13.5. The van der Waals surface area contributed by atoms with Gasteiger partial charge in [-0.05, 0) is 47.0 Å². The van der Waals surface area contributed by atoms with Crippen LogP contribution < -0.4 is 0 Å². The van der Waals surface area contributed by atoms with E-state index in [0.29, 0.717) is 22.4 Å². The molecular weight excluding hydrogens is 423 g/mol. The van der Waals surface area contributed by atoms with Crippen molar-refractivity contribution < 1.29 is 8.81 Å². The largest absolute Gasteiger partial charge is 0.455 e. The second-order valence-corrected chi connectivity index (χ2v) is 8.06. The molecule has 34 heavy (non-hydrogen) atoms. The van der Waals surface area contributed by atoms with Crippen LogP contribution in [0.2, 0.25) is 0 Å². The summed E-state index contributed by atoms with van der Waals surface area (Å²) in [5, 5.41) is 11.6. The summed E-state index contributed by atoms with van der Waals surface area (Å²) < 4.78 is 19.8. The molecule has 6 rings (SSSR count). The average molecular weight is 440 g/mol. The Labute approximate surface area is 195 Å². The lowest BCUT2D eigenvalue weighted by molar-refractivity contribution is 0.622. The van der Waals surface area contributed by atoms with Crippen LogP contribution in [0.25, 0.3) is 55.4 Å². The molecule has 3 nitrogen and oxygen atoms in total. The van der Waals surface area contributed by atoms with Gasteiger partial charge in [-0.1, -0.05) is 66.7 Å². The van der Waals surface area contributed by atoms with Gasteiger partial charge in [-0.3, -0.25) is 4.98 Å². The second kappa shape index (κ2) is 7.99. The van der Waals surface area contributed by atoms with Gasteiger partial charge in [0.15, 0.2) is 0 Å². The molecule has 0 radical (unpaired) electrons. The minimum atomic E-state index is -0.382. The summed E-state index contributed by atoms with van der Waals surface area (Å²) in [6.45, 7) is 0. The van der Waals surface area contributed by atoms with Crippen LogP contribution in [0.5, 0.6) is 0 Å². The first kappa shape index (κ1) is 19.9. The molecule has 0 spiro atoms. The van der Waals surface area contributed by atoms with Gasteiger partial charge in [0.05, 0.1) is 23.5 Å². The fourth-order valence-electron chi connectivity index (χ4n) is 4.48. The molecule has 0 amide bonds. The Hall–Kier alpha value is -4.75. The van der Waals surface area contributed by atoms with Crippen molar-refractivity contribution in [2.45, 2.75) is 0 Å². The first-order chi connectivity index (χ1) is 16.7. The van der Waals surface area contributed by atoms with Crippen LogP contribution in [-0.4, -0.2) is 4.98 Å². The number of nitrogens with zero attached hydrogens (tertiary/aromatic N) is 2. The van der Waals surface area contributed by atoms with Gasteiger partial charge in [-0.25, -0.2) is 4.39 Å². The number of furan rings is 1. The van der Waals surface area contributed by atoms with Gasteiger partial charge in [0.1, 0.15) is 17.0 Å². The molecule has 6 aromatic rings. The number of hydrogen-bond acceptors (Lipinski definition) is 3. The van der Waals surface area contributed by atoms with E-state index in [-0.39, 0.29) is 5.82 Å². The fraction of sp³-hybridized carbons (Fsp3) is 0. The minimum absolute atomic E-state index is 0.382. The monoisotopic (exact) mass is 440 g/mol. The normalized spacial score (nSPS) is 11.1. The van der Waals surface area contributed by atoms with E-state index in [2.05, 4.69) is 35.3 Å². The van der Waals surface area contributed by atoms with E-state index in [1.165, 1.54) is 12.3 Å². The maximum Gasteiger partial charge on any atom is 0.144 e. The van der Waals surface area contributed by atoms with E-state index >= 15 is 0 Å². The van der Waals surface area contributed by atoms with E-state index in [1.54, 1.807) is 6.07 Å².